The van der Waals surface area contributed by atoms with E-state index in [1.165, 1.54) is 0 Å². The second-order valence-corrected chi connectivity index (χ2v) is 3.01. The van der Waals surface area contributed by atoms with Gasteiger partial charge in [0.05, 0.1) is 11.4 Å². The van der Waals surface area contributed by atoms with Crippen LogP contribution >= 0.6 is 0 Å². The molecule has 86 valence electrons. The van der Waals surface area contributed by atoms with Crippen molar-refractivity contribution < 1.29 is 10.0 Å². The van der Waals surface area contributed by atoms with Gasteiger partial charge in [0.15, 0.2) is 0 Å². The van der Waals surface area contributed by atoms with Crippen LogP contribution in [-0.4, -0.2) is 17.7 Å². The van der Waals surface area contributed by atoms with Crippen molar-refractivity contribution in [2.75, 3.05) is 0 Å². The van der Waals surface area contributed by atoms with Gasteiger partial charge in [-0.15, -0.1) is 0 Å². The summed E-state index contributed by atoms with van der Waals surface area (Å²) in [5, 5.41) is 22.5. The van der Waals surface area contributed by atoms with Gasteiger partial charge < -0.3 is 10.0 Å². The molecule has 0 radical (unpaired) electrons. The molecule has 0 fully saturated rings. The normalized spacial score (nSPS) is 9.53. The Bertz CT molecular complexity index is 393. The van der Waals surface area contributed by atoms with Crippen molar-refractivity contribution >= 4 is 19.1 Å². The molecule has 0 atom stereocenters. The molecule has 2 aromatic rings. The van der Waals surface area contributed by atoms with Crippen molar-refractivity contribution in [1.82, 2.24) is 0 Å². The monoisotopic (exact) mass is 228 g/mol. The average molecular weight is 228 g/mol. The zero-order chi connectivity index (χ0) is 12.3. The van der Waals surface area contributed by atoms with E-state index in [9.17, 15) is 0 Å². The highest BCUT2D eigenvalue weighted by molar-refractivity contribution is 6.13. The Morgan fingerprint density at radius 1 is 0.647 bits per heavy atom. The topological polar surface area (TPSA) is 65.2 Å². The van der Waals surface area contributed by atoms with Crippen LogP contribution in [0.4, 0.5) is 11.4 Å². The van der Waals surface area contributed by atoms with E-state index in [1.54, 1.807) is 0 Å². The first-order valence-electron chi connectivity index (χ1n) is 5.10. The third-order valence-electron chi connectivity index (χ3n) is 1.79. The highest BCUT2D eigenvalue weighted by atomic mass is 16.4. The second kappa shape index (κ2) is 8.21. The minimum Gasteiger partial charge on any atom is -0.430 e. The van der Waals surface area contributed by atoms with Crippen LogP contribution in [0.15, 0.2) is 70.9 Å². The van der Waals surface area contributed by atoms with Gasteiger partial charge in [-0.3, -0.25) is 0 Å². The van der Waals surface area contributed by atoms with Gasteiger partial charge in [-0.25, -0.2) is 0 Å². The first kappa shape index (κ1) is 13.1. The first-order chi connectivity index (χ1) is 8.36. The Kier molecular flexibility index (Phi) is 6.32. The summed E-state index contributed by atoms with van der Waals surface area (Å²) in [6.45, 7) is 0. The van der Waals surface area contributed by atoms with Crippen LogP contribution in [0, 0.1) is 0 Å². The summed E-state index contributed by atoms with van der Waals surface area (Å²) in [5.41, 5.74) is 1.74. The molecule has 0 spiro atoms. The molecule has 0 aromatic heterocycles. The lowest BCUT2D eigenvalue weighted by molar-refractivity contribution is 0.448. The molecule has 0 bridgehead atoms. The van der Waals surface area contributed by atoms with Crippen LogP contribution in [0.5, 0.6) is 0 Å². The molecule has 0 aliphatic rings. The number of nitrogens with zero attached hydrogens (tertiary/aromatic N) is 2. The molecule has 0 heterocycles. The summed E-state index contributed by atoms with van der Waals surface area (Å²) in [4.78, 5) is 0. The van der Waals surface area contributed by atoms with Crippen LogP contribution in [-0.2, 0) is 0 Å². The summed E-state index contributed by atoms with van der Waals surface area (Å²) in [5.74, 6) is 0. The second-order valence-electron chi connectivity index (χ2n) is 3.01. The molecule has 4 nitrogen and oxygen atoms in total. The maximum Gasteiger partial charge on any atom is 0.432 e. The van der Waals surface area contributed by atoms with E-state index >= 15 is 0 Å². The van der Waals surface area contributed by atoms with E-state index in [0.717, 1.165) is 11.4 Å². The maximum absolute atomic E-state index is 7.12. The standard InChI is InChI=1S/C12H10N2.BH3O2/c1-3-7-11(8-4-1)13-14-12-9-5-2-6-10-12;2-1-3/h1-10H;1-3H. The Hall–Kier alpha value is -1.98. The highest BCUT2D eigenvalue weighted by Gasteiger charge is 1.86. The average Bonchev–Trinajstić information content (AvgIpc) is 2.40. The summed E-state index contributed by atoms with van der Waals surface area (Å²) in [7, 11) is -0.750. The molecule has 2 rings (SSSR count). The van der Waals surface area contributed by atoms with Gasteiger partial charge in [-0.1, -0.05) is 36.4 Å². The smallest absolute Gasteiger partial charge is 0.430 e. The lowest BCUT2D eigenvalue weighted by Gasteiger charge is -1.91. The minimum atomic E-state index is -0.750. The maximum atomic E-state index is 7.12. The molecule has 2 aromatic carbocycles. The molecule has 17 heavy (non-hydrogen) atoms. The molecule has 0 saturated carbocycles. The Balaban J connectivity index is 0.000000437. The molecule has 0 saturated heterocycles. The van der Waals surface area contributed by atoms with Gasteiger partial charge in [0.2, 0.25) is 0 Å². The van der Waals surface area contributed by atoms with Crippen molar-refractivity contribution in [3.05, 3.63) is 60.7 Å². The quantitative estimate of drug-likeness (QED) is 0.611. The fourth-order valence-corrected chi connectivity index (χ4v) is 1.10. The van der Waals surface area contributed by atoms with Crippen molar-refractivity contribution in [1.29, 1.82) is 0 Å². The lowest BCUT2D eigenvalue weighted by Crippen LogP contribution is -1.75. The van der Waals surface area contributed by atoms with Gasteiger partial charge in [0.25, 0.3) is 0 Å². The zero-order valence-corrected chi connectivity index (χ0v) is 9.27. The molecule has 5 heteroatoms. The van der Waals surface area contributed by atoms with Crippen molar-refractivity contribution in [3.8, 4) is 0 Å². The Labute approximate surface area is 101 Å². The third kappa shape index (κ3) is 5.60. The van der Waals surface area contributed by atoms with Crippen LogP contribution in [0.25, 0.3) is 0 Å². The number of hydrogen-bond acceptors (Lipinski definition) is 4. The number of benzene rings is 2. The highest BCUT2D eigenvalue weighted by Crippen LogP contribution is 2.16. The molecule has 0 aliphatic carbocycles. The fraction of sp³-hybridized carbons (Fsp3) is 0. The van der Waals surface area contributed by atoms with Gasteiger partial charge in [0.1, 0.15) is 0 Å². The number of azo groups is 1. The van der Waals surface area contributed by atoms with E-state index in [2.05, 4.69) is 10.2 Å². The molecule has 0 amide bonds. The van der Waals surface area contributed by atoms with E-state index in [-0.39, 0.29) is 0 Å². The predicted molar refractivity (Wildman–Crippen MR) is 68.6 cm³/mol. The summed E-state index contributed by atoms with van der Waals surface area (Å²) in [6.07, 6.45) is 0. The van der Waals surface area contributed by atoms with Gasteiger partial charge in [-0.05, 0) is 24.3 Å². The molecule has 0 unspecified atom stereocenters. The molecular weight excluding hydrogens is 215 g/mol. The number of hydrogen-bond donors (Lipinski definition) is 2. The van der Waals surface area contributed by atoms with Gasteiger partial charge >= 0.3 is 7.69 Å². The summed E-state index contributed by atoms with van der Waals surface area (Å²) < 4.78 is 0. The Morgan fingerprint density at radius 3 is 1.24 bits per heavy atom. The largest absolute Gasteiger partial charge is 0.432 e. The SMILES string of the molecule is OBO.c1ccc(N=Nc2ccccc2)cc1. The summed E-state index contributed by atoms with van der Waals surface area (Å²) in [6, 6.07) is 19.4. The van der Waals surface area contributed by atoms with Crippen molar-refractivity contribution in [2.24, 2.45) is 10.2 Å². The lowest BCUT2D eigenvalue weighted by atomic mass is 10.3. The molecular formula is C12H13BN2O2. The van der Waals surface area contributed by atoms with Crippen molar-refractivity contribution in [3.63, 3.8) is 0 Å². The third-order valence-corrected chi connectivity index (χ3v) is 1.79. The Morgan fingerprint density at radius 2 is 0.941 bits per heavy atom. The van der Waals surface area contributed by atoms with E-state index in [4.69, 9.17) is 10.0 Å². The summed E-state index contributed by atoms with van der Waals surface area (Å²) >= 11 is 0. The van der Waals surface area contributed by atoms with Crippen LogP contribution < -0.4 is 0 Å². The van der Waals surface area contributed by atoms with E-state index in [1.807, 2.05) is 60.7 Å². The van der Waals surface area contributed by atoms with E-state index < -0.39 is 7.69 Å². The van der Waals surface area contributed by atoms with E-state index in [0.29, 0.717) is 0 Å². The zero-order valence-electron chi connectivity index (χ0n) is 9.27. The minimum absolute atomic E-state index is 0.750. The van der Waals surface area contributed by atoms with Gasteiger partial charge in [0, 0.05) is 0 Å². The fourth-order valence-electron chi connectivity index (χ4n) is 1.10. The van der Waals surface area contributed by atoms with Gasteiger partial charge in [-0.2, -0.15) is 10.2 Å². The molecule has 0 aliphatic heterocycles. The predicted octanol–water partition coefficient (Wildman–Crippen LogP) is 2.34. The van der Waals surface area contributed by atoms with Crippen LogP contribution in [0.3, 0.4) is 0 Å². The van der Waals surface area contributed by atoms with Crippen molar-refractivity contribution in [2.45, 2.75) is 0 Å². The first-order valence-corrected chi connectivity index (χ1v) is 5.10. The number of rotatable bonds is 2. The van der Waals surface area contributed by atoms with Crippen LogP contribution in [0.1, 0.15) is 0 Å². The molecule has 2 N–H and O–H groups in total. The van der Waals surface area contributed by atoms with Crippen LogP contribution in [0.2, 0.25) is 0 Å².